The van der Waals surface area contributed by atoms with Crippen molar-refractivity contribution in [3.8, 4) is 6.07 Å². The average Bonchev–Trinajstić information content (AvgIpc) is 2.55. The predicted molar refractivity (Wildman–Crippen MR) is 81.6 cm³/mol. The van der Waals surface area contributed by atoms with Crippen molar-refractivity contribution in [2.75, 3.05) is 6.54 Å². The number of carbonyl (C=O) groups is 1. The van der Waals surface area contributed by atoms with Gasteiger partial charge in [0.1, 0.15) is 0 Å². The van der Waals surface area contributed by atoms with Crippen LogP contribution in [0.25, 0.3) is 0 Å². The van der Waals surface area contributed by atoms with Gasteiger partial charge in [0.15, 0.2) is 0 Å². The van der Waals surface area contributed by atoms with Crippen molar-refractivity contribution in [2.45, 2.75) is 51.0 Å². The second-order valence-corrected chi connectivity index (χ2v) is 6.33. The Balaban J connectivity index is 1.67. The number of piperidine rings is 1. The molecule has 3 rings (SSSR count). The van der Waals surface area contributed by atoms with Crippen LogP contribution in [0.1, 0.15) is 49.7 Å². The summed E-state index contributed by atoms with van der Waals surface area (Å²) in [7, 11) is 0. The van der Waals surface area contributed by atoms with Crippen molar-refractivity contribution in [1.29, 1.82) is 5.26 Å². The Labute approximate surface area is 126 Å². The van der Waals surface area contributed by atoms with Crippen LogP contribution in [0, 0.1) is 17.2 Å². The van der Waals surface area contributed by atoms with Crippen LogP contribution in [0.15, 0.2) is 24.3 Å². The standard InChI is InChI=1S/C18H22N2O/c19-13-15-9-7-14(8-10-15)12-18(21)20-11-3-5-16-4-1-2-6-17(16)20/h7-10,16-17H,1-6,11-12H2/t16-,17-/m1/s1. The lowest BCUT2D eigenvalue weighted by atomic mass is 9.78. The minimum Gasteiger partial charge on any atom is -0.339 e. The van der Waals surface area contributed by atoms with Crippen LogP contribution in [0.3, 0.4) is 0 Å². The van der Waals surface area contributed by atoms with Gasteiger partial charge in [-0.2, -0.15) is 5.26 Å². The predicted octanol–water partition coefficient (Wildman–Crippen LogP) is 3.28. The van der Waals surface area contributed by atoms with Gasteiger partial charge in [-0.05, 0) is 49.3 Å². The number of carbonyl (C=O) groups excluding carboxylic acids is 1. The largest absolute Gasteiger partial charge is 0.339 e. The number of nitrogens with zero attached hydrogens (tertiary/aromatic N) is 2. The molecule has 110 valence electrons. The Bertz CT molecular complexity index is 541. The summed E-state index contributed by atoms with van der Waals surface area (Å²) in [4.78, 5) is 14.8. The first-order chi connectivity index (χ1) is 10.3. The molecule has 1 saturated carbocycles. The van der Waals surface area contributed by atoms with Gasteiger partial charge in [-0.3, -0.25) is 4.79 Å². The highest BCUT2D eigenvalue weighted by Crippen LogP contribution is 2.35. The van der Waals surface area contributed by atoms with Crippen LogP contribution in [0.2, 0.25) is 0 Å². The molecule has 3 heteroatoms. The molecule has 3 nitrogen and oxygen atoms in total. The summed E-state index contributed by atoms with van der Waals surface area (Å²) in [6.45, 7) is 0.927. The summed E-state index contributed by atoms with van der Waals surface area (Å²) < 4.78 is 0. The molecule has 0 N–H and O–H groups in total. The zero-order valence-corrected chi connectivity index (χ0v) is 12.4. The van der Waals surface area contributed by atoms with Gasteiger partial charge in [-0.25, -0.2) is 0 Å². The fourth-order valence-electron chi connectivity index (χ4n) is 3.91. The van der Waals surface area contributed by atoms with Crippen molar-refractivity contribution in [1.82, 2.24) is 4.90 Å². The Morgan fingerprint density at radius 1 is 1.14 bits per heavy atom. The average molecular weight is 282 g/mol. The van der Waals surface area contributed by atoms with Crippen molar-refractivity contribution >= 4 is 5.91 Å². The summed E-state index contributed by atoms with van der Waals surface area (Å²) in [6, 6.07) is 9.99. The maximum Gasteiger partial charge on any atom is 0.227 e. The molecule has 1 aromatic rings. The smallest absolute Gasteiger partial charge is 0.227 e. The minimum absolute atomic E-state index is 0.260. The molecule has 1 aliphatic carbocycles. The molecule has 0 aromatic heterocycles. The maximum atomic E-state index is 12.6. The van der Waals surface area contributed by atoms with Gasteiger partial charge in [0.2, 0.25) is 5.91 Å². The summed E-state index contributed by atoms with van der Waals surface area (Å²) in [5.41, 5.74) is 1.66. The van der Waals surface area contributed by atoms with Gasteiger partial charge in [0, 0.05) is 12.6 Å². The van der Waals surface area contributed by atoms with E-state index in [0.29, 0.717) is 18.0 Å². The third-order valence-corrected chi connectivity index (χ3v) is 5.00. The van der Waals surface area contributed by atoms with Gasteiger partial charge < -0.3 is 4.90 Å². The third-order valence-electron chi connectivity index (χ3n) is 5.00. The molecule has 1 aromatic carbocycles. The highest BCUT2D eigenvalue weighted by atomic mass is 16.2. The zero-order chi connectivity index (χ0) is 14.7. The first kappa shape index (κ1) is 14.1. The van der Waals surface area contributed by atoms with E-state index in [2.05, 4.69) is 11.0 Å². The molecular formula is C18H22N2O. The lowest BCUT2D eigenvalue weighted by molar-refractivity contribution is -0.136. The Morgan fingerprint density at radius 3 is 2.62 bits per heavy atom. The highest BCUT2D eigenvalue weighted by molar-refractivity contribution is 5.79. The van der Waals surface area contributed by atoms with Gasteiger partial charge in [-0.1, -0.05) is 25.0 Å². The number of benzene rings is 1. The van der Waals surface area contributed by atoms with Crippen LogP contribution in [0.5, 0.6) is 0 Å². The number of hydrogen-bond donors (Lipinski definition) is 0. The molecular weight excluding hydrogens is 260 g/mol. The van der Waals surface area contributed by atoms with Crippen LogP contribution in [-0.2, 0) is 11.2 Å². The summed E-state index contributed by atoms with van der Waals surface area (Å²) in [5, 5.41) is 8.82. The highest BCUT2D eigenvalue weighted by Gasteiger charge is 2.35. The molecule has 0 spiro atoms. The Morgan fingerprint density at radius 2 is 1.86 bits per heavy atom. The third kappa shape index (κ3) is 3.10. The second kappa shape index (κ2) is 6.30. The molecule has 2 fully saturated rings. The lowest BCUT2D eigenvalue weighted by Gasteiger charge is -2.44. The van der Waals surface area contributed by atoms with E-state index >= 15 is 0 Å². The quantitative estimate of drug-likeness (QED) is 0.835. The molecule has 21 heavy (non-hydrogen) atoms. The first-order valence-electron chi connectivity index (χ1n) is 8.06. The number of likely N-dealkylation sites (tertiary alicyclic amines) is 1. The SMILES string of the molecule is N#Cc1ccc(CC(=O)N2CCC[C@H]3CCCC[C@H]32)cc1. The van der Waals surface area contributed by atoms with Crippen molar-refractivity contribution in [3.05, 3.63) is 35.4 Å². The normalized spacial score (nSPS) is 25.0. The molecule has 1 amide bonds. The van der Waals surface area contributed by atoms with Gasteiger partial charge in [0.25, 0.3) is 0 Å². The van der Waals surface area contributed by atoms with Crippen LogP contribution in [0.4, 0.5) is 0 Å². The fourth-order valence-corrected chi connectivity index (χ4v) is 3.91. The molecule has 2 aliphatic rings. The number of amides is 1. The van der Waals surface area contributed by atoms with Crippen molar-refractivity contribution < 1.29 is 4.79 Å². The van der Waals surface area contributed by atoms with E-state index in [4.69, 9.17) is 5.26 Å². The number of fused-ring (bicyclic) bond motifs is 1. The molecule has 1 saturated heterocycles. The van der Waals surface area contributed by atoms with Gasteiger partial charge >= 0.3 is 0 Å². The molecule has 1 aliphatic heterocycles. The van der Waals surface area contributed by atoms with E-state index in [1.165, 1.54) is 32.1 Å². The van der Waals surface area contributed by atoms with E-state index in [-0.39, 0.29) is 5.91 Å². The van der Waals surface area contributed by atoms with Crippen molar-refractivity contribution in [2.24, 2.45) is 5.92 Å². The molecule has 0 unspecified atom stereocenters. The monoisotopic (exact) mass is 282 g/mol. The number of hydrogen-bond acceptors (Lipinski definition) is 2. The van der Waals surface area contributed by atoms with E-state index < -0.39 is 0 Å². The zero-order valence-electron chi connectivity index (χ0n) is 12.4. The number of rotatable bonds is 2. The number of nitriles is 1. The second-order valence-electron chi connectivity index (χ2n) is 6.33. The van der Waals surface area contributed by atoms with E-state index in [1.807, 2.05) is 12.1 Å². The van der Waals surface area contributed by atoms with E-state index in [9.17, 15) is 4.79 Å². The van der Waals surface area contributed by atoms with Crippen molar-refractivity contribution in [3.63, 3.8) is 0 Å². The van der Waals surface area contributed by atoms with Crippen LogP contribution >= 0.6 is 0 Å². The molecule has 0 radical (unpaired) electrons. The van der Waals surface area contributed by atoms with Gasteiger partial charge in [-0.15, -0.1) is 0 Å². The summed E-state index contributed by atoms with van der Waals surface area (Å²) in [5.74, 6) is 0.994. The Kier molecular flexibility index (Phi) is 4.24. The maximum absolute atomic E-state index is 12.6. The van der Waals surface area contributed by atoms with E-state index in [1.54, 1.807) is 12.1 Å². The minimum atomic E-state index is 0.260. The van der Waals surface area contributed by atoms with E-state index in [0.717, 1.165) is 24.4 Å². The Hall–Kier alpha value is -1.82. The lowest BCUT2D eigenvalue weighted by Crippen LogP contribution is -2.50. The van der Waals surface area contributed by atoms with Crippen LogP contribution in [-0.4, -0.2) is 23.4 Å². The van der Waals surface area contributed by atoms with Gasteiger partial charge in [0.05, 0.1) is 18.1 Å². The fraction of sp³-hybridized carbons (Fsp3) is 0.556. The van der Waals surface area contributed by atoms with Crippen LogP contribution < -0.4 is 0 Å². The first-order valence-corrected chi connectivity index (χ1v) is 8.06. The summed E-state index contributed by atoms with van der Waals surface area (Å²) in [6.07, 6.45) is 8.00. The molecule has 2 atom stereocenters. The summed E-state index contributed by atoms with van der Waals surface area (Å²) >= 11 is 0. The molecule has 0 bridgehead atoms. The molecule has 1 heterocycles. The topological polar surface area (TPSA) is 44.1 Å².